The van der Waals surface area contributed by atoms with E-state index in [1.54, 1.807) is 0 Å². The number of hydrogen-bond acceptors (Lipinski definition) is 3. The Hall–Kier alpha value is -1.06. The smallest absolute Gasteiger partial charge is 0.122 e. The van der Waals surface area contributed by atoms with Crippen LogP contribution in [0.15, 0.2) is 18.2 Å². The van der Waals surface area contributed by atoms with E-state index in [9.17, 15) is 0 Å². The van der Waals surface area contributed by atoms with Crippen LogP contribution in [0.4, 0.5) is 0 Å². The summed E-state index contributed by atoms with van der Waals surface area (Å²) in [7, 11) is 0. The summed E-state index contributed by atoms with van der Waals surface area (Å²) in [5.74, 6) is 1.06. The van der Waals surface area contributed by atoms with E-state index in [1.807, 2.05) is 0 Å². The summed E-state index contributed by atoms with van der Waals surface area (Å²) in [6.45, 7) is 8.85. The number of hydrogen-bond donors (Lipinski definition) is 1. The van der Waals surface area contributed by atoms with Gasteiger partial charge in [-0.2, -0.15) is 0 Å². The number of fused-ring (bicyclic) bond motifs is 1. The van der Waals surface area contributed by atoms with Crippen molar-refractivity contribution < 1.29 is 4.74 Å². The second-order valence-electron chi connectivity index (χ2n) is 7.43. The highest BCUT2D eigenvalue weighted by atomic mass is 16.5. The molecule has 116 valence electrons. The topological polar surface area (TPSA) is 38.5 Å². The lowest BCUT2D eigenvalue weighted by Gasteiger charge is -2.43. The largest absolute Gasteiger partial charge is 0.493 e. The molecule has 2 aliphatic rings. The zero-order chi connectivity index (χ0) is 15.0. The summed E-state index contributed by atoms with van der Waals surface area (Å²) in [6.07, 6.45) is 4.62. The van der Waals surface area contributed by atoms with Crippen LogP contribution in [0.1, 0.15) is 57.2 Å². The van der Waals surface area contributed by atoms with Crippen molar-refractivity contribution in [2.45, 2.75) is 64.1 Å². The maximum Gasteiger partial charge on any atom is 0.122 e. The first-order valence-electron chi connectivity index (χ1n) is 8.25. The van der Waals surface area contributed by atoms with Crippen molar-refractivity contribution in [2.24, 2.45) is 5.73 Å². The standard InChI is InChI=1S/C18H28N2O/c1-18(2,3)20-10-5-4-6-15(19)17(20)14-7-8-16-13(12-14)9-11-21-16/h7-8,12,15,17H,4-6,9-11,19H2,1-3H3. The van der Waals surface area contributed by atoms with E-state index in [0.717, 1.165) is 31.7 Å². The van der Waals surface area contributed by atoms with E-state index < -0.39 is 0 Å². The van der Waals surface area contributed by atoms with Crippen molar-refractivity contribution >= 4 is 0 Å². The molecule has 1 aromatic rings. The number of ether oxygens (including phenoxy) is 1. The van der Waals surface area contributed by atoms with Crippen molar-refractivity contribution in [3.8, 4) is 5.75 Å². The van der Waals surface area contributed by atoms with Gasteiger partial charge in [-0.05, 0) is 57.4 Å². The monoisotopic (exact) mass is 288 g/mol. The minimum atomic E-state index is 0.141. The van der Waals surface area contributed by atoms with E-state index in [2.05, 4.69) is 43.9 Å². The van der Waals surface area contributed by atoms with Gasteiger partial charge in [-0.3, -0.25) is 4.90 Å². The third-order valence-corrected chi connectivity index (χ3v) is 4.84. The van der Waals surface area contributed by atoms with Crippen LogP contribution in [0.3, 0.4) is 0 Å². The molecule has 3 heteroatoms. The summed E-state index contributed by atoms with van der Waals surface area (Å²) in [4.78, 5) is 2.60. The van der Waals surface area contributed by atoms with Crippen molar-refractivity contribution in [3.63, 3.8) is 0 Å². The lowest BCUT2D eigenvalue weighted by Crippen LogP contribution is -2.49. The van der Waals surface area contributed by atoms with Crippen LogP contribution in [0.2, 0.25) is 0 Å². The number of nitrogens with zero attached hydrogens (tertiary/aromatic N) is 1. The lowest BCUT2D eigenvalue weighted by atomic mass is 9.91. The fourth-order valence-corrected chi connectivity index (χ4v) is 3.76. The Morgan fingerprint density at radius 3 is 2.81 bits per heavy atom. The first-order chi connectivity index (χ1) is 9.97. The molecule has 0 aromatic heterocycles. The maximum atomic E-state index is 6.57. The average Bonchev–Trinajstić information content (AvgIpc) is 2.79. The molecule has 2 aliphatic heterocycles. The Morgan fingerprint density at radius 2 is 2.05 bits per heavy atom. The van der Waals surface area contributed by atoms with Crippen molar-refractivity contribution in [2.75, 3.05) is 13.2 Å². The predicted octanol–water partition coefficient (Wildman–Crippen LogP) is 3.27. The van der Waals surface area contributed by atoms with Gasteiger partial charge in [-0.15, -0.1) is 0 Å². The summed E-state index contributed by atoms with van der Waals surface area (Å²) in [5.41, 5.74) is 9.42. The molecule has 3 nitrogen and oxygen atoms in total. The molecule has 1 saturated heterocycles. The van der Waals surface area contributed by atoms with Crippen LogP contribution in [0.25, 0.3) is 0 Å². The van der Waals surface area contributed by atoms with Gasteiger partial charge in [-0.25, -0.2) is 0 Å². The van der Waals surface area contributed by atoms with Gasteiger partial charge in [0.25, 0.3) is 0 Å². The Balaban J connectivity index is 1.98. The average molecular weight is 288 g/mol. The first kappa shape index (κ1) is 14.9. The highest BCUT2D eigenvalue weighted by Gasteiger charge is 2.35. The van der Waals surface area contributed by atoms with Crippen molar-refractivity contribution in [3.05, 3.63) is 29.3 Å². The van der Waals surface area contributed by atoms with Gasteiger partial charge >= 0.3 is 0 Å². The van der Waals surface area contributed by atoms with Crippen LogP contribution in [-0.2, 0) is 6.42 Å². The molecular formula is C18H28N2O. The second-order valence-corrected chi connectivity index (χ2v) is 7.43. The van der Waals surface area contributed by atoms with Crippen LogP contribution >= 0.6 is 0 Å². The van der Waals surface area contributed by atoms with Gasteiger partial charge < -0.3 is 10.5 Å². The van der Waals surface area contributed by atoms with Crippen molar-refractivity contribution in [1.82, 2.24) is 4.90 Å². The predicted molar refractivity (Wildman–Crippen MR) is 86.7 cm³/mol. The molecule has 0 radical (unpaired) electrons. The zero-order valence-electron chi connectivity index (χ0n) is 13.6. The Bertz CT molecular complexity index is 506. The van der Waals surface area contributed by atoms with E-state index in [1.165, 1.54) is 24.0 Å². The second kappa shape index (κ2) is 5.62. The number of rotatable bonds is 1. The normalized spacial score (nSPS) is 27.0. The van der Waals surface area contributed by atoms with Gasteiger partial charge in [0.05, 0.1) is 12.6 Å². The zero-order valence-corrected chi connectivity index (χ0v) is 13.6. The molecule has 0 saturated carbocycles. The number of nitrogens with two attached hydrogens (primary N) is 1. The highest BCUT2D eigenvalue weighted by Crippen LogP contribution is 2.37. The molecule has 1 aromatic carbocycles. The summed E-state index contributed by atoms with van der Waals surface area (Å²) in [6, 6.07) is 7.22. The molecule has 0 bridgehead atoms. The fraction of sp³-hybridized carbons (Fsp3) is 0.667. The molecule has 0 aliphatic carbocycles. The SMILES string of the molecule is CC(C)(C)N1CCCCC(N)C1c1ccc2c(c1)CCO2. The highest BCUT2D eigenvalue weighted by molar-refractivity contribution is 5.41. The molecule has 2 unspecified atom stereocenters. The van der Waals surface area contributed by atoms with Crippen LogP contribution in [-0.4, -0.2) is 29.6 Å². The molecule has 0 spiro atoms. The van der Waals surface area contributed by atoms with E-state index in [-0.39, 0.29) is 11.6 Å². The minimum absolute atomic E-state index is 0.141. The Labute approximate surface area is 128 Å². The molecule has 1 fully saturated rings. The molecule has 21 heavy (non-hydrogen) atoms. The van der Waals surface area contributed by atoms with Gasteiger partial charge in [0, 0.05) is 18.0 Å². The Kier molecular flexibility index (Phi) is 3.98. The van der Waals surface area contributed by atoms with Crippen LogP contribution < -0.4 is 10.5 Å². The molecular weight excluding hydrogens is 260 g/mol. The van der Waals surface area contributed by atoms with E-state index in [0.29, 0.717) is 6.04 Å². The molecule has 2 atom stereocenters. The summed E-state index contributed by atoms with van der Waals surface area (Å²) >= 11 is 0. The van der Waals surface area contributed by atoms with E-state index in [4.69, 9.17) is 10.5 Å². The molecule has 3 rings (SSSR count). The van der Waals surface area contributed by atoms with Gasteiger partial charge in [0.15, 0.2) is 0 Å². The summed E-state index contributed by atoms with van der Waals surface area (Å²) < 4.78 is 5.64. The fourth-order valence-electron chi connectivity index (χ4n) is 3.76. The number of likely N-dealkylation sites (tertiary alicyclic amines) is 1. The summed E-state index contributed by atoms with van der Waals surface area (Å²) in [5, 5.41) is 0. The molecule has 0 amide bonds. The van der Waals surface area contributed by atoms with Gasteiger partial charge in [0.1, 0.15) is 5.75 Å². The van der Waals surface area contributed by atoms with Gasteiger partial charge in [0.2, 0.25) is 0 Å². The van der Waals surface area contributed by atoms with E-state index >= 15 is 0 Å². The lowest BCUT2D eigenvalue weighted by molar-refractivity contribution is 0.0755. The third-order valence-electron chi connectivity index (χ3n) is 4.84. The quantitative estimate of drug-likeness (QED) is 0.862. The van der Waals surface area contributed by atoms with Crippen molar-refractivity contribution in [1.29, 1.82) is 0 Å². The molecule has 2 heterocycles. The molecule has 2 N–H and O–H groups in total. The maximum absolute atomic E-state index is 6.57. The number of benzene rings is 1. The first-order valence-corrected chi connectivity index (χ1v) is 8.25. The third kappa shape index (κ3) is 2.95. The van der Waals surface area contributed by atoms with Gasteiger partial charge in [-0.1, -0.05) is 18.6 Å². The van der Waals surface area contributed by atoms with Crippen LogP contribution in [0.5, 0.6) is 5.75 Å². The Morgan fingerprint density at radius 1 is 1.24 bits per heavy atom. The minimum Gasteiger partial charge on any atom is -0.493 e. The van der Waals surface area contributed by atoms with Crippen LogP contribution in [0, 0.1) is 0 Å².